The van der Waals surface area contributed by atoms with Gasteiger partial charge in [0.1, 0.15) is 23.1 Å². The molecule has 1 saturated heterocycles. The molecule has 2 N–H and O–H groups in total. The summed E-state index contributed by atoms with van der Waals surface area (Å²) in [5, 5.41) is 11.7. The number of nitriles is 1. The van der Waals surface area contributed by atoms with Crippen LogP contribution < -0.4 is 5.73 Å². The molecule has 0 spiro atoms. The van der Waals surface area contributed by atoms with Gasteiger partial charge in [0.25, 0.3) is 0 Å². The van der Waals surface area contributed by atoms with E-state index in [0.29, 0.717) is 17.0 Å². The van der Waals surface area contributed by atoms with E-state index in [2.05, 4.69) is 27.4 Å². The Balaban J connectivity index is 1.71. The number of hydrogen-bond acceptors (Lipinski definition) is 6. The Bertz CT molecular complexity index is 918. The van der Waals surface area contributed by atoms with E-state index in [9.17, 15) is 5.26 Å². The van der Waals surface area contributed by atoms with E-state index < -0.39 is 0 Å². The highest BCUT2D eigenvalue weighted by Crippen LogP contribution is 2.35. The maximum atomic E-state index is 9.52. The average Bonchev–Trinajstić information content (AvgIpc) is 3.37. The van der Waals surface area contributed by atoms with Gasteiger partial charge in [0, 0.05) is 17.0 Å². The first-order chi connectivity index (χ1) is 12.2. The number of hydrogen-bond donors (Lipinski definition) is 1. The molecule has 126 valence electrons. The third-order valence-corrected chi connectivity index (χ3v) is 5.47. The molecule has 0 atom stereocenters. The molecule has 0 bridgehead atoms. The minimum Gasteiger partial charge on any atom is -0.463 e. The normalized spacial score (nSPS) is 14.7. The van der Waals surface area contributed by atoms with Gasteiger partial charge in [0.05, 0.1) is 6.26 Å². The summed E-state index contributed by atoms with van der Waals surface area (Å²) >= 11 is 1.64. The van der Waals surface area contributed by atoms with Gasteiger partial charge >= 0.3 is 0 Å². The maximum Gasteiger partial charge on any atom is 0.152 e. The van der Waals surface area contributed by atoms with Crippen LogP contribution in [0.3, 0.4) is 0 Å². The third-order valence-electron chi connectivity index (χ3n) is 4.46. The molecular weight excluding hydrogens is 332 g/mol. The SMILES string of the molecule is N#Cc1c(-c2cc(CN3CCCC3)cs2)cc(-c2ccco2)nc1N. The van der Waals surface area contributed by atoms with Crippen LogP contribution in [-0.2, 0) is 6.54 Å². The van der Waals surface area contributed by atoms with Crippen LogP contribution in [0.15, 0.2) is 40.3 Å². The second-order valence-electron chi connectivity index (χ2n) is 6.21. The topological polar surface area (TPSA) is 79.1 Å². The van der Waals surface area contributed by atoms with Crippen LogP contribution in [0.2, 0.25) is 0 Å². The molecule has 0 amide bonds. The summed E-state index contributed by atoms with van der Waals surface area (Å²) < 4.78 is 5.43. The monoisotopic (exact) mass is 350 g/mol. The number of rotatable bonds is 4. The minimum atomic E-state index is 0.237. The summed E-state index contributed by atoms with van der Waals surface area (Å²) in [7, 11) is 0. The van der Waals surface area contributed by atoms with E-state index in [0.717, 1.165) is 17.0 Å². The number of likely N-dealkylation sites (tertiary alicyclic amines) is 1. The first-order valence-electron chi connectivity index (χ1n) is 8.29. The molecule has 1 aliphatic rings. The van der Waals surface area contributed by atoms with Crippen LogP contribution in [0.1, 0.15) is 24.0 Å². The third kappa shape index (κ3) is 3.16. The lowest BCUT2D eigenvalue weighted by atomic mass is 10.1. The maximum absolute atomic E-state index is 9.52. The zero-order chi connectivity index (χ0) is 17.2. The van der Waals surface area contributed by atoms with Gasteiger partial charge in [-0.1, -0.05) is 0 Å². The highest BCUT2D eigenvalue weighted by atomic mass is 32.1. The number of anilines is 1. The summed E-state index contributed by atoms with van der Waals surface area (Å²) in [6.45, 7) is 3.29. The van der Waals surface area contributed by atoms with Crippen molar-refractivity contribution in [2.24, 2.45) is 0 Å². The molecule has 1 fully saturated rings. The largest absolute Gasteiger partial charge is 0.463 e. The fourth-order valence-corrected chi connectivity index (χ4v) is 4.15. The van der Waals surface area contributed by atoms with Crippen molar-refractivity contribution in [3.63, 3.8) is 0 Å². The van der Waals surface area contributed by atoms with E-state index in [4.69, 9.17) is 10.2 Å². The van der Waals surface area contributed by atoms with E-state index in [-0.39, 0.29) is 5.82 Å². The molecule has 6 heteroatoms. The van der Waals surface area contributed by atoms with Gasteiger partial charge in [-0.15, -0.1) is 11.3 Å². The Hall–Kier alpha value is -2.62. The van der Waals surface area contributed by atoms with Crippen molar-refractivity contribution in [2.75, 3.05) is 18.8 Å². The molecule has 0 unspecified atom stereocenters. The molecule has 25 heavy (non-hydrogen) atoms. The number of nitrogen functional groups attached to an aromatic ring is 1. The standard InChI is InChI=1S/C19H18N4OS/c20-10-15-14(9-16(22-19(15)21)17-4-3-7-24-17)18-8-13(12-25-18)11-23-5-1-2-6-23/h3-4,7-9,12H,1-2,5-6,11H2,(H2,21,22). The number of furan rings is 1. The molecule has 0 saturated carbocycles. The Morgan fingerprint density at radius 1 is 1.32 bits per heavy atom. The van der Waals surface area contributed by atoms with Gasteiger partial charge in [-0.05, 0) is 61.1 Å². The van der Waals surface area contributed by atoms with Gasteiger partial charge < -0.3 is 10.2 Å². The lowest BCUT2D eigenvalue weighted by Gasteiger charge is -2.12. The zero-order valence-corrected chi connectivity index (χ0v) is 14.6. The van der Waals surface area contributed by atoms with Gasteiger partial charge in [-0.2, -0.15) is 5.26 Å². The molecule has 3 aromatic rings. The highest BCUT2D eigenvalue weighted by molar-refractivity contribution is 7.13. The molecule has 0 aliphatic carbocycles. The molecule has 0 aromatic carbocycles. The van der Waals surface area contributed by atoms with Crippen LogP contribution in [0.4, 0.5) is 5.82 Å². The Morgan fingerprint density at radius 3 is 2.88 bits per heavy atom. The smallest absolute Gasteiger partial charge is 0.152 e. The minimum absolute atomic E-state index is 0.237. The molecule has 3 aromatic heterocycles. The van der Waals surface area contributed by atoms with Gasteiger partial charge in [0.15, 0.2) is 5.76 Å². The van der Waals surface area contributed by atoms with Crippen molar-refractivity contribution in [2.45, 2.75) is 19.4 Å². The zero-order valence-electron chi connectivity index (χ0n) is 13.7. The Labute approximate surface area is 150 Å². The lowest BCUT2D eigenvalue weighted by Crippen LogP contribution is -2.17. The van der Waals surface area contributed by atoms with E-state index in [1.54, 1.807) is 17.6 Å². The van der Waals surface area contributed by atoms with Crippen LogP contribution in [-0.4, -0.2) is 23.0 Å². The predicted octanol–water partition coefficient (Wildman–Crippen LogP) is 4.12. The fraction of sp³-hybridized carbons (Fsp3) is 0.263. The molecule has 4 rings (SSSR count). The van der Waals surface area contributed by atoms with Crippen LogP contribution >= 0.6 is 11.3 Å². The number of thiophene rings is 1. The summed E-state index contributed by atoms with van der Waals surface area (Å²) in [4.78, 5) is 7.82. The van der Waals surface area contributed by atoms with Gasteiger partial charge in [-0.25, -0.2) is 4.98 Å². The summed E-state index contributed by atoms with van der Waals surface area (Å²) in [5.74, 6) is 0.882. The summed E-state index contributed by atoms with van der Waals surface area (Å²) in [6.07, 6.45) is 4.16. The predicted molar refractivity (Wildman–Crippen MR) is 98.9 cm³/mol. The van der Waals surface area contributed by atoms with E-state index in [1.165, 1.54) is 31.5 Å². The van der Waals surface area contributed by atoms with Crippen molar-refractivity contribution in [3.05, 3.63) is 47.0 Å². The van der Waals surface area contributed by atoms with Crippen molar-refractivity contribution < 1.29 is 4.42 Å². The first-order valence-corrected chi connectivity index (χ1v) is 9.17. The van der Waals surface area contributed by atoms with Crippen LogP contribution in [0.25, 0.3) is 21.9 Å². The van der Waals surface area contributed by atoms with Gasteiger partial charge in [-0.3, -0.25) is 4.90 Å². The van der Waals surface area contributed by atoms with Crippen molar-refractivity contribution >= 4 is 17.2 Å². The van der Waals surface area contributed by atoms with Crippen LogP contribution in [0.5, 0.6) is 0 Å². The van der Waals surface area contributed by atoms with E-state index in [1.807, 2.05) is 18.2 Å². The number of nitrogens with two attached hydrogens (primary N) is 1. The molecule has 1 aliphatic heterocycles. The quantitative estimate of drug-likeness (QED) is 0.765. The number of pyridine rings is 1. The Kier molecular flexibility index (Phi) is 4.26. The summed E-state index contributed by atoms with van der Waals surface area (Å²) in [6, 6.07) is 9.89. The van der Waals surface area contributed by atoms with Crippen molar-refractivity contribution in [3.8, 4) is 28.0 Å². The highest BCUT2D eigenvalue weighted by Gasteiger charge is 2.17. The molecule has 0 radical (unpaired) electrons. The number of aromatic nitrogens is 1. The molecule has 5 nitrogen and oxygen atoms in total. The second kappa shape index (κ2) is 6.71. The first kappa shape index (κ1) is 15.9. The van der Waals surface area contributed by atoms with Gasteiger partial charge in [0.2, 0.25) is 0 Å². The average molecular weight is 350 g/mol. The number of nitrogens with zero attached hydrogens (tertiary/aromatic N) is 3. The van der Waals surface area contributed by atoms with Crippen LogP contribution in [0, 0.1) is 11.3 Å². The van der Waals surface area contributed by atoms with Crippen molar-refractivity contribution in [1.82, 2.24) is 9.88 Å². The molecular formula is C19H18N4OS. The Morgan fingerprint density at radius 2 is 2.16 bits per heavy atom. The van der Waals surface area contributed by atoms with E-state index >= 15 is 0 Å². The van der Waals surface area contributed by atoms with Crippen molar-refractivity contribution in [1.29, 1.82) is 5.26 Å². The lowest BCUT2D eigenvalue weighted by molar-refractivity contribution is 0.332. The summed E-state index contributed by atoms with van der Waals surface area (Å²) in [5.41, 5.74) is 9.20. The second-order valence-corrected chi connectivity index (χ2v) is 7.12. The fourth-order valence-electron chi connectivity index (χ4n) is 3.23. The molecule has 4 heterocycles.